The monoisotopic (exact) mass is 348 g/mol. The minimum atomic E-state index is -0.114. The first kappa shape index (κ1) is 16.1. The Balaban J connectivity index is 2.26. The average molecular weight is 349 g/mol. The number of benzene rings is 1. The predicted octanol–water partition coefficient (Wildman–Crippen LogP) is 3.67. The number of hydrogen-bond acceptors (Lipinski definition) is 3. The number of nitrogens with zero attached hydrogens (tertiary/aromatic N) is 2. The molecular formula is C17H21BrN2O. The van der Waals surface area contributed by atoms with Gasteiger partial charge in [-0.05, 0) is 54.0 Å². The molecule has 2 aromatic rings. The number of aliphatic hydroxyl groups excluding tert-OH is 1. The number of rotatable bonds is 5. The molecule has 112 valence electrons. The van der Waals surface area contributed by atoms with E-state index >= 15 is 0 Å². The zero-order chi connectivity index (χ0) is 15.5. The SMILES string of the molecule is CN(CCO)C(C)(C)c1ccc(-c2cncc(Br)c2)cc1. The number of hydrogen-bond donors (Lipinski definition) is 1. The summed E-state index contributed by atoms with van der Waals surface area (Å²) < 4.78 is 0.979. The quantitative estimate of drug-likeness (QED) is 0.895. The molecular weight excluding hydrogens is 328 g/mol. The van der Waals surface area contributed by atoms with Gasteiger partial charge in [-0.3, -0.25) is 9.88 Å². The average Bonchev–Trinajstić information content (AvgIpc) is 2.47. The van der Waals surface area contributed by atoms with E-state index in [1.54, 1.807) is 6.20 Å². The molecule has 0 spiro atoms. The summed E-state index contributed by atoms with van der Waals surface area (Å²) in [6.45, 7) is 5.16. The molecule has 2 rings (SSSR count). The van der Waals surface area contributed by atoms with Crippen LogP contribution in [0.4, 0.5) is 0 Å². The number of halogens is 1. The number of aromatic nitrogens is 1. The number of aliphatic hydroxyl groups is 1. The summed E-state index contributed by atoms with van der Waals surface area (Å²) in [7, 11) is 2.03. The third kappa shape index (κ3) is 3.70. The Morgan fingerprint density at radius 1 is 1.14 bits per heavy atom. The Labute approximate surface area is 134 Å². The summed E-state index contributed by atoms with van der Waals surface area (Å²) in [4.78, 5) is 6.36. The van der Waals surface area contributed by atoms with E-state index in [2.05, 4.69) is 70.0 Å². The van der Waals surface area contributed by atoms with Gasteiger partial charge in [0, 0.05) is 34.5 Å². The molecule has 0 saturated carbocycles. The molecule has 0 unspecified atom stereocenters. The van der Waals surface area contributed by atoms with Crippen LogP contribution in [0.2, 0.25) is 0 Å². The zero-order valence-electron chi connectivity index (χ0n) is 12.7. The van der Waals surface area contributed by atoms with E-state index in [9.17, 15) is 0 Å². The molecule has 1 heterocycles. The van der Waals surface area contributed by atoms with Crippen molar-refractivity contribution in [1.29, 1.82) is 0 Å². The second-order valence-electron chi connectivity index (χ2n) is 5.67. The third-order valence-corrected chi connectivity index (χ3v) is 4.45. The Hall–Kier alpha value is -1.23. The minimum absolute atomic E-state index is 0.114. The Bertz CT molecular complexity index is 596. The number of likely N-dealkylation sites (N-methyl/N-ethyl adjacent to an activating group) is 1. The molecule has 0 bridgehead atoms. The first-order valence-corrected chi connectivity index (χ1v) is 7.78. The van der Waals surface area contributed by atoms with Crippen LogP contribution < -0.4 is 0 Å². The maximum Gasteiger partial charge on any atom is 0.0558 e. The largest absolute Gasteiger partial charge is 0.395 e. The molecule has 3 nitrogen and oxygen atoms in total. The summed E-state index contributed by atoms with van der Waals surface area (Å²) >= 11 is 3.45. The highest BCUT2D eigenvalue weighted by molar-refractivity contribution is 9.10. The van der Waals surface area contributed by atoms with Crippen molar-refractivity contribution in [2.75, 3.05) is 20.2 Å². The molecule has 0 aliphatic heterocycles. The van der Waals surface area contributed by atoms with E-state index in [1.165, 1.54) is 5.56 Å². The zero-order valence-corrected chi connectivity index (χ0v) is 14.3. The van der Waals surface area contributed by atoms with Crippen LogP contribution in [0.25, 0.3) is 11.1 Å². The Morgan fingerprint density at radius 2 is 1.81 bits per heavy atom. The van der Waals surface area contributed by atoms with Gasteiger partial charge in [0.1, 0.15) is 0 Å². The number of pyridine rings is 1. The molecule has 21 heavy (non-hydrogen) atoms. The fraction of sp³-hybridized carbons (Fsp3) is 0.353. The standard InChI is InChI=1S/C17H21BrN2O/c1-17(2,20(3)8-9-21)15-6-4-13(5-7-15)14-10-16(18)12-19-11-14/h4-7,10-12,21H,8-9H2,1-3H3. The van der Waals surface area contributed by atoms with E-state index in [0.717, 1.165) is 15.6 Å². The third-order valence-electron chi connectivity index (χ3n) is 4.02. The lowest BCUT2D eigenvalue weighted by atomic mass is 9.91. The van der Waals surface area contributed by atoms with Crippen molar-refractivity contribution in [2.24, 2.45) is 0 Å². The molecule has 0 aliphatic rings. The molecule has 0 radical (unpaired) electrons. The van der Waals surface area contributed by atoms with Gasteiger partial charge in [-0.15, -0.1) is 0 Å². The van der Waals surface area contributed by atoms with Gasteiger partial charge < -0.3 is 5.11 Å². The molecule has 1 aromatic carbocycles. The molecule has 0 aliphatic carbocycles. The molecule has 0 saturated heterocycles. The van der Waals surface area contributed by atoms with Crippen molar-refractivity contribution in [3.63, 3.8) is 0 Å². The van der Waals surface area contributed by atoms with Crippen LogP contribution >= 0.6 is 15.9 Å². The van der Waals surface area contributed by atoms with Crippen molar-refractivity contribution >= 4 is 15.9 Å². The lowest BCUT2D eigenvalue weighted by Crippen LogP contribution is -2.40. The van der Waals surface area contributed by atoms with Gasteiger partial charge in [-0.1, -0.05) is 24.3 Å². The van der Waals surface area contributed by atoms with Gasteiger partial charge in [0.2, 0.25) is 0 Å². The van der Waals surface area contributed by atoms with Crippen LogP contribution in [0.15, 0.2) is 47.2 Å². The van der Waals surface area contributed by atoms with Gasteiger partial charge in [-0.25, -0.2) is 0 Å². The maximum atomic E-state index is 9.11. The summed E-state index contributed by atoms with van der Waals surface area (Å²) in [6, 6.07) is 10.6. The molecule has 0 atom stereocenters. The minimum Gasteiger partial charge on any atom is -0.395 e. The van der Waals surface area contributed by atoms with Crippen molar-refractivity contribution in [2.45, 2.75) is 19.4 Å². The second kappa shape index (κ2) is 6.69. The summed E-state index contributed by atoms with van der Waals surface area (Å²) in [5, 5.41) is 9.11. The van der Waals surface area contributed by atoms with Gasteiger partial charge >= 0.3 is 0 Å². The van der Waals surface area contributed by atoms with Crippen molar-refractivity contribution in [3.8, 4) is 11.1 Å². The first-order valence-electron chi connectivity index (χ1n) is 6.98. The van der Waals surface area contributed by atoms with Crippen LogP contribution in [-0.4, -0.2) is 35.2 Å². The highest BCUT2D eigenvalue weighted by atomic mass is 79.9. The Kier molecular flexibility index (Phi) is 5.14. The van der Waals surface area contributed by atoms with Crippen molar-refractivity contribution in [3.05, 3.63) is 52.8 Å². The van der Waals surface area contributed by atoms with Gasteiger partial charge in [0.05, 0.1) is 6.61 Å². The van der Waals surface area contributed by atoms with Gasteiger partial charge in [0.15, 0.2) is 0 Å². The summed E-state index contributed by atoms with van der Waals surface area (Å²) in [5.41, 5.74) is 3.35. The molecule has 0 fully saturated rings. The lowest BCUT2D eigenvalue weighted by Gasteiger charge is -2.36. The summed E-state index contributed by atoms with van der Waals surface area (Å²) in [5.74, 6) is 0. The Morgan fingerprint density at radius 3 is 2.38 bits per heavy atom. The second-order valence-corrected chi connectivity index (χ2v) is 6.59. The fourth-order valence-corrected chi connectivity index (χ4v) is 2.66. The summed E-state index contributed by atoms with van der Waals surface area (Å²) in [6.07, 6.45) is 3.65. The van der Waals surface area contributed by atoms with E-state index < -0.39 is 0 Å². The van der Waals surface area contributed by atoms with E-state index in [4.69, 9.17) is 5.11 Å². The van der Waals surface area contributed by atoms with Crippen LogP contribution in [0, 0.1) is 0 Å². The normalized spacial score (nSPS) is 11.9. The first-order chi connectivity index (χ1) is 9.95. The highest BCUT2D eigenvalue weighted by Gasteiger charge is 2.25. The topological polar surface area (TPSA) is 36.4 Å². The molecule has 1 N–H and O–H groups in total. The van der Waals surface area contributed by atoms with Gasteiger partial charge in [-0.2, -0.15) is 0 Å². The fourth-order valence-electron chi connectivity index (χ4n) is 2.29. The van der Waals surface area contributed by atoms with E-state index in [-0.39, 0.29) is 12.1 Å². The lowest BCUT2D eigenvalue weighted by molar-refractivity contribution is 0.122. The van der Waals surface area contributed by atoms with Gasteiger partial charge in [0.25, 0.3) is 0 Å². The van der Waals surface area contributed by atoms with Crippen molar-refractivity contribution in [1.82, 2.24) is 9.88 Å². The van der Waals surface area contributed by atoms with Crippen LogP contribution in [0.1, 0.15) is 19.4 Å². The van der Waals surface area contributed by atoms with E-state index in [1.807, 2.05) is 13.2 Å². The molecule has 0 amide bonds. The van der Waals surface area contributed by atoms with Crippen molar-refractivity contribution < 1.29 is 5.11 Å². The van der Waals surface area contributed by atoms with Crippen LogP contribution in [-0.2, 0) is 5.54 Å². The molecule has 4 heteroatoms. The van der Waals surface area contributed by atoms with Crippen LogP contribution in [0.3, 0.4) is 0 Å². The predicted molar refractivity (Wildman–Crippen MR) is 90.1 cm³/mol. The molecule has 1 aromatic heterocycles. The van der Waals surface area contributed by atoms with Crippen LogP contribution in [0.5, 0.6) is 0 Å². The van der Waals surface area contributed by atoms with E-state index in [0.29, 0.717) is 6.54 Å². The maximum absolute atomic E-state index is 9.11. The smallest absolute Gasteiger partial charge is 0.0558 e. The highest BCUT2D eigenvalue weighted by Crippen LogP contribution is 2.29.